The van der Waals surface area contributed by atoms with E-state index in [0.29, 0.717) is 11.4 Å². The molecule has 21 heavy (non-hydrogen) atoms. The summed E-state index contributed by atoms with van der Waals surface area (Å²) in [5.74, 6) is 0.621. The van der Waals surface area contributed by atoms with Crippen molar-refractivity contribution in [2.24, 2.45) is 0 Å². The third-order valence-corrected chi connectivity index (χ3v) is 2.92. The number of urea groups is 1. The Morgan fingerprint density at radius 3 is 2.52 bits per heavy atom. The first-order valence-corrected chi connectivity index (χ1v) is 6.63. The lowest BCUT2D eigenvalue weighted by Gasteiger charge is -2.09. The number of hydrogen-bond acceptors (Lipinski definition) is 2. The van der Waals surface area contributed by atoms with Crippen LogP contribution in [-0.4, -0.2) is 13.1 Å². The summed E-state index contributed by atoms with van der Waals surface area (Å²) in [6, 6.07) is 15.0. The summed E-state index contributed by atoms with van der Waals surface area (Å²) in [7, 11) is 1.57. The Bertz CT molecular complexity index is 633. The molecule has 0 atom stereocenters. The quantitative estimate of drug-likeness (QED) is 0.896. The van der Waals surface area contributed by atoms with Gasteiger partial charge in [0.25, 0.3) is 0 Å². The molecule has 2 N–H and O–H groups in total. The number of para-hydroxylation sites is 2. The van der Waals surface area contributed by atoms with Gasteiger partial charge in [-0.2, -0.15) is 0 Å². The molecule has 0 spiro atoms. The van der Waals surface area contributed by atoms with Gasteiger partial charge in [0.15, 0.2) is 0 Å². The standard InChI is InChI=1S/C17H18N2O2/c1-13-7-9-14(10-8-13)11-12-18-17(20)19-15-5-3-4-6-16(15)21-2/h3-12H,1-2H3,(H2,18,19,20)/b12-11+. The zero-order valence-electron chi connectivity index (χ0n) is 12.1. The molecule has 0 unspecified atom stereocenters. The van der Waals surface area contributed by atoms with Crippen LogP contribution in [0.2, 0.25) is 0 Å². The molecule has 0 saturated heterocycles. The molecule has 2 aromatic rings. The first-order valence-electron chi connectivity index (χ1n) is 6.63. The van der Waals surface area contributed by atoms with Gasteiger partial charge in [0.05, 0.1) is 12.8 Å². The van der Waals surface area contributed by atoms with Crippen LogP contribution in [0, 0.1) is 6.92 Å². The SMILES string of the molecule is COc1ccccc1NC(=O)N/C=C/c1ccc(C)cc1. The van der Waals surface area contributed by atoms with Gasteiger partial charge < -0.3 is 15.4 Å². The number of ether oxygens (including phenoxy) is 1. The summed E-state index contributed by atoms with van der Waals surface area (Å²) in [5, 5.41) is 5.39. The Balaban J connectivity index is 1.91. The van der Waals surface area contributed by atoms with Crippen molar-refractivity contribution in [3.8, 4) is 5.75 Å². The van der Waals surface area contributed by atoms with Crippen LogP contribution in [0.5, 0.6) is 5.75 Å². The van der Waals surface area contributed by atoms with Gasteiger partial charge in [-0.25, -0.2) is 4.79 Å². The second kappa shape index (κ2) is 7.14. The number of carbonyl (C=O) groups excluding carboxylic acids is 1. The largest absolute Gasteiger partial charge is 0.495 e. The van der Waals surface area contributed by atoms with Crippen LogP contribution in [0.25, 0.3) is 6.08 Å². The lowest BCUT2D eigenvalue weighted by molar-refractivity contribution is 0.255. The van der Waals surface area contributed by atoms with Crippen molar-refractivity contribution in [3.05, 3.63) is 65.9 Å². The zero-order chi connectivity index (χ0) is 15.1. The Morgan fingerprint density at radius 2 is 1.81 bits per heavy atom. The highest BCUT2D eigenvalue weighted by Gasteiger charge is 2.04. The number of benzene rings is 2. The molecule has 108 valence electrons. The molecule has 2 amide bonds. The monoisotopic (exact) mass is 282 g/mol. The van der Waals surface area contributed by atoms with Gasteiger partial charge in [-0.05, 0) is 30.7 Å². The van der Waals surface area contributed by atoms with Gasteiger partial charge in [-0.15, -0.1) is 0 Å². The molecule has 0 bridgehead atoms. The first-order chi connectivity index (χ1) is 10.2. The molecule has 2 rings (SSSR count). The highest BCUT2D eigenvalue weighted by Crippen LogP contribution is 2.22. The third kappa shape index (κ3) is 4.38. The maximum atomic E-state index is 11.8. The molecular formula is C17H18N2O2. The Kier molecular flexibility index (Phi) is 4.99. The minimum atomic E-state index is -0.317. The van der Waals surface area contributed by atoms with Gasteiger partial charge in [0.1, 0.15) is 5.75 Å². The fourth-order valence-electron chi connectivity index (χ4n) is 1.80. The van der Waals surface area contributed by atoms with E-state index in [1.807, 2.05) is 49.4 Å². The van der Waals surface area contributed by atoms with Crippen molar-refractivity contribution in [1.29, 1.82) is 0 Å². The van der Waals surface area contributed by atoms with E-state index < -0.39 is 0 Å². The van der Waals surface area contributed by atoms with Crippen LogP contribution >= 0.6 is 0 Å². The molecule has 4 heteroatoms. The van der Waals surface area contributed by atoms with Crippen LogP contribution < -0.4 is 15.4 Å². The molecule has 0 heterocycles. The third-order valence-electron chi connectivity index (χ3n) is 2.92. The fourth-order valence-corrected chi connectivity index (χ4v) is 1.80. The maximum Gasteiger partial charge on any atom is 0.323 e. The molecule has 4 nitrogen and oxygen atoms in total. The van der Waals surface area contributed by atoms with Gasteiger partial charge in [0, 0.05) is 6.20 Å². The predicted octanol–water partition coefficient (Wildman–Crippen LogP) is 3.80. The Morgan fingerprint density at radius 1 is 1.10 bits per heavy atom. The number of hydrogen-bond donors (Lipinski definition) is 2. The van der Waals surface area contributed by atoms with Crippen molar-refractivity contribution in [2.45, 2.75) is 6.92 Å². The second-order valence-electron chi connectivity index (χ2n) is 4.54. The number of aryl methyl sites for hydroxylation is 1. The average Bonchev–Trinajstić information content (AvgIpc) is 2.50. The number of amides is 2. The van der Waals surface area contributed by atoms with Crippen LogP contribution in [-0.2, 0) is 0 Å². The second-order valence-corrected chi connectivity index (χ2v) is 4.54. The first kappa shape index (κ1) is 14.7. The Hall–Kier alpha value is -2.75. The van der Waals surface area contributed by atoms with Crippen LogP contribution in [0.1, 0.15) is 11.1 Å². The van der Waals surface area contributed by atoms with Crippen molar-refractivity contribution >= 4 is 17.8 Å². The fraction of sp³-hybridized carbons (Fsp3) is 0.118. The molecular weight excluding hydrogens is 264 g/mol. The van der Waals surface area contributed by atoms with E-state index >= 15 is 0 Å². The number of rotatable bonds is 4. The lowest BCUT2D eigenvalue weighted by atomic mass is 10.1. The van der Waals surface area contributed by atoms with Gasteiger partial charge in [0.2, 0.25) is 0 Å². The van der Waals surface area contributed by atoms with Crippen molar-refractivity contribution in [1.82, 2.24) is 5.32 Å². The summed E-state index contributed by atoms with van der Waals surface area (Å²) in [6.45, 7) is 2.03. The molecule has 0 aliphatic heterocycles. The molecule has 0 aromatic heterocycles. The van der Waals surface area contributed by atoms with Gasteiger partial charge in [-0.1, -0.05) is 42.0 Å². The highest BCUT2D eigenvalue weighted by atomic mass is 16.5. The number of nitrogens with one attached hydrogen (secondary N) is 2. The van der Waals surface area contributed by atoms with E-state index in [1.54, 1.807) is 25.4 Å². The van der Waals surface area contributed by atoms with Gasteiger partial charge >= 0.3 is 6.03 Å². The minimum Gasteiger partial charge on any atom is -0.495 e. The molecule has 0 aliphatic rings. The van der Waals surface area contributed by atoms with Crippen LogP contribution in [0.3, 0.4) is 0 Å². The topological polar surface area (TPSA) is 50.4 Å². The van der Waals surface area contributed by atoms with Crippen LogP contribution in [0.15, 0.2) is 54.7 Å². The molecule has 2 aromatic carbocycles. The van der Waals surface area contributed by atoms with Gasteiger partial charge in [-0.3, -0.25) is 0 Å². The maximum absolute atomic E-state index is 11.8. The molecule has 0 fully saturated rings. The lowest BCUT2D eigenvalue weighted by Crippen LogP contribution is -2.23. The van der Waals surface area contributed by atoms with E-state index in [0.717, 1.165) is 5.56 Å². The summed E-state index contributed by atoms with van der Waals surface area (Å²) >= 11 is 0. The number of methoxy groups -OCH3 is 1. The molecule has 0 radical (unpaired) electrons. The zero-order valence-corrected chi connectivity index (χ0v) is 12.1. The normalized spacial score (nSPS) is 10.4. The Labute approximate surface area is 124 Å². The smallest absolute Gasteiger partial charge is 0.323 e. The van der Waals surface area contributed by atoms with E-state index in [4.69, 9.17) is 4.74 Å². The van der Waals surface area contributed by atoms with Crippen molar-refractivity contribution in [3.63, 3.8) is 0 Å². The highest BCUT2D eigenvalue weighted by molar-refractivity contribution is 5.91. The van der Waals surface area contributed by atoms with E-state index in [9.17, 15) is 4.79 Å². The average molecular weight is 282 g/mol. The number of carbonyl (C=O) groups is 1. The summed E-state index contributed by atoms with van der Waals surface area (Å²) in [5.41, 5.74) is 2.86. The molecule has 0 aliphatic carbocycles. The summed E-state index contributed by atoms with van der Waals surface area (Å²) in [4.78, 5) is 11.8. The van der Waals surface area contributed by atoms with E-state index in [1.165, 1.54) is 5.56 Å². The minimum absolute atomic E-state index is 0.317. The van der Waals surface area contributed by atoms with E-state index in [2.05, 4.69) is 10.6 Å². The number of anilines is 1. The summed E-state index contributed by atoms with van der Waals surface area (Å²) in [6.07, 6.45) is 3.44. The van der Waals surface area contributed by atoms with Crippen molar-refractivity contribution in [2.75, 3.05) is 12.4 Å². The summed E-state index contributed by atoms with van der Waals surface area (Å²) < 4.78 is 5.17. The van der Waals surface area contributed by atoms with Crippen LogP contribution in [0.4, 0.5) is 10.5 Å². The molecule has 0 saturated carbocycles. The van der Waals surface area contributed by atoms with E-state index in [-0.39, 0.29) is 6.03 Å². The van der Waals surface area contributed by atoms with Crippen molar-refractivity contribution < 1.29 is 9.53 Å². The predicted molar refractivity (Wildman–Crippen MR) is 85.4 cm³/mol.